The SMILES string of the molecule is CCC/C=C/CC/C=C/CC/C=C/C(O)C(COC1OC(CO)C(O)C(O)C1O)NC(=O)CCCCCCCCCCCCCCCCCCCCCCCCCCCCCOC(=O)CCCCCCCCCCCCC. The van der Waals surface area contributed by atoms with Crippen LogP contribution in [-0.4, -0.2) is 100 Å². The van der Waals surface area contributed by atoms with E-state index in [2.05, 4.69) is 43.5 Å². The first-order valence-electron chi connectivity index (χ1n) is 32.8. The van der Waals surface area contributed by atoms with Gasteiger partial charge in [-0.05, 0) is 51.4 Å². The molecule has 0 radical (unpaired) electrons. The quantitative estimate of drug-likeness (QED) is 0.0195. The van der Waals surface area contributed by atoms with E-state index in [9.17, 15) is 35.1 Å². The standard InChI is InChI=1S/C66H123NO10/c1-3-5-7-9-11-13-32-36-40-44-48-52-59(69)58(57-76-66-65(74)64(73)63(72)60(56-68)77-66)67-61(70)53-49-45-41-37-34-30-28-26-24-22-20-18-16-15-17-19-21-23-25-27-29-31-35-39-43-47-51-55-75-62(71)54-50-46-42-38-33-14-12-10-8-6-4-2/h7,9,32,36,48,52,58-60,63-66,68-69,72-74H,3-6,8,10-31,33-35,37-47,49-51,53-57H2,1-2H3,(H,67,70)/b9-7+,36-32+,52-48+. The normalized spacial score (nSPS) is 18.8. The van der Waals surface area contributed by atoms with E-state index < -0.39 is 49.5 Å². The molecule has 0 saturated carbocycles. The fraction of sp³-hybridized carbons (Fsp3) is 0.879. The minimum absolute atomic E-state index is 0.00767. The van der Waals surface area contributed by atoms with Crippen LogP contribution in [0.1, 0.15) is 309 Å². The molecule has 452 valence electrons. The third-order valence-electron chi connectivity index (χ3n) is 15.5. The lowest BCUT2D eigenvalue weighted by molar-refractivity contribution is -0.302. The Morgan fingerprint density at radius 2 is 0.844 bits per heavy atom. The van der Waals surface area contributed by atoms with Gasteiger partial charge in [-0.2, -0.15) is 0 Å². The highest BCUT2D eigenvalue weighted by Gasteiger charge is 2.44. The zero-order valence-electron chi connectivity index (χ0n) is 49.9. The van der Waals surface area contributed by atoms with Crippen molar-refractivity contribution in [2.45, 2.75) is 352 Å². The predicted molar refractivity (Wildman–Crippen MR) is 320 cm³/mol. The van der Waals surface area contributed by atoms with Gasteiger partial charge in [-0.15, -0.1) is 0 Å². The smallest absolute Gasteiger partial charge is 0.305 e. The summed E-state index contributed by atoms with van der Waals surface area (Å²) in [6.07, 6.45) is 59.9. The third-order valence-corrected chi connectivity index (χ3v) is 15.5. The number of aliphatic hydroxyl groups excluding tert-OH is 5. The molecule has 6 N–H and O–H groups in total. The molecule has 7 atom stereocenters. The van der Waals surface area contributed by atoms with E-state index in [0.717, 1.165) is 77.0 Å². The minimum Gasteiger partial charge on any atom is -0.466 e. The van der Waals surface area contributed by atoms with Gasteiger partial charge in [-0.3, -0.25) is 9.59 Å². The zero-order valence-corrected chi connectivity index (χ0v) is 49.9. The van der Waals surface area contributed by atoms with Gasteiger partial charge in [-0.1, -0.05) is 281 Å². The van der Waals surface area contributed by atoms with Crippen molar-refractivity contribution in [3.63, 3.8) is 0 Å². The fourth-order valence-corrected chi connectivity index (χ4v) is 10.3. The van der Waals surface area contributed by atoms with Gasteiger partial charge in [0.1, 0.15) is 24.4 Å². The van der Waals surface area contributed by atoms with E-state index >= 15 is 0 Å². The highest BCUT2D eigenvalue weighted by molar-refractivity contribution is 5.76. The van der Waals surface area contributed by atoms with Crippen molar-refractivity contribution in [1.82, 2.24) is 5.32 Å². The molecule has 0 spiro atoms. The molecule has 1 fully saturated rings. The Morgan fingerprint density at radius 3 is 1.26 bits per heavy atom. The van der Waals surface area contributed by atoms with Crippen LogP contribution in [0.15, 0.2) is 36.5 Å². The van der Waals surface area contributed by atoms with Crippen molar-refractivity contribution in [3.05, 3.63) is 36.5 Å². The summed E-state index contributed by atoms with van der Waals surface area (Å²) in [6, 6.07) is -0.832. The van der Waals surface area contributed by atoms with Crippen molar-refractivity contribution >= 4 is 11.9 Å². The summed E-state index contributed by atoms with van der Waals surface area (Å²) < 4.78 is 16.7. The monoisotopic (exact) mass is 1090 g/mol. The largest absolute Gasteiger partial charge is 0.466 e. The van der Waals surface area contributed by atoms with E-state index in [1.54, 1.807) is 6.08 Å². The first kappa shape index (κ1) is 72.9. The number of unbranched alkanes of at least 4 members (excludes halogenated alkanes) is 39. The molecule has 1 aliphatic heterocycles. The van der Waals surface area contributed by atoms with E-state index in [1.165, 1.54) is 205 Å². The molecule has 0 aromatic rings. The van der Waals surface area contributed by atoms with Crippen LogP contribution in [0.2, 0.25) is 0 Å². The number of allylic oxidation sites excluding steroid dienone is 5. The van der Waals surface area contributed by atoms with Gasteiger partial charge in [0.15, 0.2) is 6.29 Å². The Hall–Kier alpha value is -2.12. The topological polar surface area (TPSA) is 175 Å². The molecular weight excluding hydrogens is 967 g/mol. The molecule has 1 aliphatic rings. The molecule has 11 nitrogen and oxygen atoms in total. The molecular formula is C66H123NO10. The van der Waals surface area contributed by atoms with Crippen LogP contribution in [0.3, 0.4) is 0 Å². The molecule has 1 saturated heterocycles. The van der Waals surface area contributed by atoms with Gasteiger partial charge in [0.05, 0.1) is 32.0 Å². The van der Waals surface area contributed by atoms with Crippen molar-refractivity contribution < 1.29 is 49.3 Å². The predicted octanol–water partition coefficient (Wildman–Crippen LogP) is 15.8. The number of carbonyl (C=O) groups excluding carboxylic acids is 2. The van der Waals surface area contributed by atoms with Gasteiger partial charge in [-0.25, -0.2) is 0 Å². The van der Waals surface area contributed by atoms with Crippen LogP contribution >= 0.6 is 0 Å². The molecule has 7 unspecified atom stereocenters. The lowest BCUT2D eigenvalue weighted by Crippen LogP contribution is -2.60. The van der Waals surface area contributed by atoms with Crippen LogP contribution in [-0.2, 0) is 23.8 Å². The molecule has 0 aliphatic carbocycles. The number of amides is 1. The Balaban J connectivity index is 1.98. The van der Waals surface area contributed by atoms with E-state index in [1.807, 2.05) is 6.08 Å². The molecule has 0 bridgehead atoms. The average molecular weight is 1090 g/mol. The summed E-state index contributed by atoms with van der Waals surface area (Å²) in [6.45, 7) is 4.27. The van der Waals surface area contributed by atoms with Crippen LogP contribution in [0.5, 0.6) is 0 Å². The number of hydrogen-bond acceptors (Lipinski definition) is 10. The van der Waals surface area contributed by atoms with E-state index in [0.29, 0.717) is 19.4 Å². The Labute approximate surface area is 473 Å². The summed E-state index contributed by atoms with van der Waals surface area (Å²) in [5, 5.41) is 54.3. The van der Waals surface area contributed by atoms with Crippen LogP contribution in [0.25, 0.3) is 0 Å². The molecule has 0 aromatic heterocycles. The highest BCUT2D eigenvalue weighted by atomic mass is 16.7. The summed E-state index contributed by atoms with van der Waals surface area (Å²) in [7, 11) is 0. The van der Waals surface area contributed by atoms with Crippen molar-refractivity contribution in [2.24, 2.45) is 0 Å². The number of nitrogens with one attached hydrogen (secondary N) is 1. The number of esters is 1. The highest BCUT2D eigenvalue weighted by Crippen LogP contribution is 2.23. The lowest BCUT2D eigenvalue weighted by Gasteiger charge is -2.40. The summed E-state index contributed by atoms with van der Waals surface area (Å²) >= 11 is 0. The Kier molecular flexibility index (Phi) is 52.8. The fourth-order valence-electron chi connectivity index (χ4n) is 10.3. The van der Waals surface area contributed by atoms with Gasteiger partial charge in [0, 0.05) is 12.8 Å². The first-order valence-corrected chi connectivity index (χ1v) is 32.8. The molecule has 1 rings (SSSR count). The maximum atomic E-state index is 13.0. The third kappa shape index (κ3) is 45.2. The zero-order chi connectivity index (χ0) is 55.9. The summed E-state index contributed by atoms with van der Waals surface area (Å²) in [5.41, 5.74) is 0. The van der Waals surface area contributed by atoms with E-state index in [-0.39, 0.29) is 18.5 Å². The van der Waals surface area contributed by atoms with Crippen LogP contribution in [0.4, 0.5) is 0 Å². The van der Waals surface area contributed by atoms with Crippen molar-refractivity contribution in [3.8, 4) is 0 Å². The molecule has 1 amide bonds. The molecule has 77 heavy (non-hydrogen) atoms. The second-order valence-corrected chi connectivity index (χ2v) is 22.8. The second-order valence-electron chi connectivity index (χ2n) is 22.8. The van der Waals surface area contributed by atoms with Crippen molar-refractivity contribution in [2.75, 3.05) is 19.8 Å². The summed E-state index contributed by atoms with van der Waals surface area (Å²) in [4.78, 5) is 25.0. The van der Waals surface area contributed by atoms with Crippen molar-refractivity contribution in [1.29, 1.82) is 0 Å². The number of rotatable bonds is 57. The van der Waals surface area contributed by atoms with Crippen LogP contribution in [0, 0.1) is 0 Å². The number of carbonyl (C=O) groups is 2. The second kappa shape index (κ2) is 55.8. The average Bonchev–Trinajstić information content (AvgIpc) is 3.43. The minimum atomic E-state index is -1.58. The Morgan fingerprint density at radius 1 is 0.468 bits per heavy atom. The van der Waals surface area contributed by atoms with Gasteiger partial charge >= 0.3 is 5.97 Å². The lowest BCUT2D eigenvalue weighted by atomic mass is 9.99. The summed E-state index contributed by atoms with van der Waals surface area (Å²) in [5.74, 6) is -0.187. The Bertz CT molecular complexity index is 1370. The first-order chi connectivity index (χ1) is 37.7. The number of hydrogen-bond donors (Lipinski definition) is 6. The van der Waals surface area contributed by atoms with Crippen LogP contribution < -0.4 is 5.32 Å². The van der Waals surface area contributed by atoms with Gasteiger partial charge in [0.25, 0.3) is 0 Å². The van der Waals surface area contributed by atoms with Gasteiger partial charge in [0.2, 0.25) is 5.91 Å². The van der Waals surface area contributed by atoms with Gasteiger partial charge < -0.3 is 45.1 Å². The molecule has 11 heteroatoms. The maximum Gasteiger partial charge on any atom is 0.305 e. The molecule has 0 aromatic carbocycles. The number of ether oxygens (including phenoxy) is 3. The number of aliphatic hydroxyl groups is 5. The molecule has 1 heterocycles. The van der Waals surface area contributed by atoms with E-state index in [4.69, 9.17) is 14.2 Å². The maximum absolute atomic E-state index is 13.0.